The third-order valence-electron chi connectivity index (χ3n) is 3.52. The largest absolute Gasteiger partial charge is 0.480 e. The molecule has 0 amide bonds. The number of aliphatic carboxylic acids is 2. The van der Waals surface area contributed by atoms with Crippen LogP contribution in [0.3, 0.4) is 0 Å². The lowest BCUT2D eigenvalue weighted by Gasteiger charge is -2.29. The molecule has 0 aromatic heterocycles. The van der Waals surface area contributed by atoms with Crippen LogP contribution in [0.4, 0.5) is 0 Å². The fraction of sp³-hybridized carbons (Fsp3) is 0.812. The van der Waals surface area contributed by atoms with Gasteiger partial charge in [0.15, 0.2) is 5.78 Å². The van der Waals surface area contributed by atoms with Crippen molar-refractivity contribution in [2.24, 2.45) is 5.41 Å². The zero-order valence-corrected chi connectivity index (χ0v) is 15.4. The van der Waals surface area contributed by atoms with Crippen LogP contribution in [-0.2, 0) is 14.4 Å². The van der Waals surface area contributed by atoms with E-state index in [0.29, 0.717) is 13.1 Å². The van der Waals surface area contributed by atoms with Crippen molar-refractivity contribution in [2.75, 3.05) is 59.9 Å². The number of carboxylic acid groups (broad SMARTS) is 2. The number of Topliss-reactive ketones (excluding diaryl/α,β-unsaturated/α-hetero) is 1. The Morgan fingerprint density at radius 1 is 0.750 bits per heavy atom. The Morgan fingerprint density at radius 2 is 1.17 bits per heavy atom. The topological polar surface area (TPSA) is 101 Å². The molecular formula is C16H31N3O5. The zero-order valence-electron chi connectivity index (χ0n) is 15.4. The molecule has 0 aromatic carbocycles. The third kappa shape index (κ3) is 11.1. The lowest BCUT2D eigenvalue weighted by atomic mass is 9.90. The summed E-state index contributed by atoms with van der Waals surface area (Å²) in [6.45, 7) is 7.33. The second kappa shape index (κ2) is 10.4. The molecule has 2 N–H and O–H groups in total. The third-order valence-corrected chi connectivity index (χ3v) is 3.52. The molecule has 0 bridgehead atoms. The normalized spacial score (nSPS) is 12.2. The first-order valence-electron chi connectivity index (χ1n) is 7.98. The van der Waals surface area contributed by atoms with E-state index in [1.807, 2.05) is 44.7 Å². The molecule has 0 saturated heterocycles. The van der Waals surface area contributed by atoms with E-state index in [4.69, 9.17) is 10.2 Å². The molecule has 24 heavy (non-hydrogen) atoms. The predicted octanol–water partition coefficient (Wildman–Crippen LogP) is -0.0636. The van der Waals surface area contributed by atoms with E-state index in [0.717, 1.165) is 6.54 Å². The van der Waals surface area contributed by atoms with Gasteiger partial charge in [0.05, 0.1) is 19.6 Å². The molecule has 0 rings (SSSR count). The van der Waals surface area contributed by atoms with Gasteiger partial charge < -0.3 is 15.1 Å². The minimum atomic E-state index is -1.07. The van der Waals surface area contributed by atoms with Crippen LogP contribution in [-0.4, -0.2) is 103 Å². The van der Waals surface area contributed by atoms with Gasteiger partial charge in [-0.05, 0) is 14.1 Å². The summed E-state index contributed by atoms with van der Waals surface area (Å²) in [4.78, 5) is 39.3. The van der Waals surface area contributed by atoms with Crippen molar-refractivity contribution in [1.82, 2.24) is 14.7 Å². The first-order chi connectivity index (χ1) is 10.9. The molecule has 0 saturated carbocycles. The van der Waals surface area contributed by atoms with Gasteiger partial charge in [-0.15, -0.1) is 0 Å². The van der Waals surface area contributed by atoms with Gasteiger partial charge in [-0.3, -0.25) is 24.2 Å². The average molecular weight is 345 g/mol. The Labute approximate surface area is 144 Å². The molecule has 0 aromatic rings. The minimum Gasteiger partial charge on any atom is -0.480 e. The Balaban J connectivity index is 4.78. The van der Waals surface area contributed by atoms with Crippen LogP contribution in [0.15, 0.2) is 0 Å². The van der Waals surface area contributed by atoms with Gasteiger partial charge in [-0.1, -0.05) is 20.8 Å². The van der Waals surface area contributed by atoms with E-state index < -0.39 is 17.4 Å². The highest BCUT2D eigenvalue weighted by atomic mass is 16.4. The second-order valence-electron chi connectivity index (χ2n) is 7.25. The van der Waals surface area contributed by atoms with Crippen LogP contribution < -0.4 is 0 Å². The number of likely N-dealkylation sites (N-methyl/N-ethyl adjacent to an activating group) is 1. The minimum absolute atomic E-state index is 0.101. The highest BCUT2D eigenvalue weighted by Gasteiger charge is 2.24. The van der Waals surface area contributed by atoms with Gasteiger partial charge in [-0.2, -0.15) is 0 Å². The van der Waals surface area contributed by atoms with Crippen molar-refractivity contribution in [1.29, 1.82) is 0 Å². The van der Waals surface area contributed by atoms with Gasteiger partial charge in [0.1, 0.15) is 0 Å². The van der Waals surface area contributed by atoms with Gasteiger partial charge in [0.2, 0.25) is 0 Å². The van der Waals surface area contributed by atoms with E-state index in [9.17, 15) is 14.4 Å². The molecule has 0 unspecified atom stereocenters. The summed E-state index contributed by atoms with van der Waals surface area (Å²) in [5.41, 5.74) is -0.446. The van der Waals surface area contributed by atoms with Crippen LogP contribution in [0.1, 0.15) is 20.8 Å². The maximum absolute atomic E-state index is 12.3. The Morgan fingerprint density at radius 3 is 1.54 bits per heavy atom. The molecule has 8 nitrogen and oxygen atoms in total. The smallest absolute Gasteiger partial charge is 0.317 e. The molecule has 140 valence electrons. The number of carbonyl (C=O) groups excluding carboxylic acids is 1. The van der Waals surface area contributed by atoms with Crippen molar-refractivity contribution in [3.63, 3.8) is 0 Å². The Kier molecular flexibility index (Phi) is 9.72. The standard InChI is InChI=1S/C16H31N3O5/c1-16(2,3)13(20)10-18(7-6-17(4)5)8-9-19(11-14(21)22)12-15(23)24/h6-12H2,1-5H3,(H,21,22)(H,23,24). The molecule has 0 aliphatic heterocycles. The zero-order chi connectivity index (χ0) is 18.9. The maximum Gasteiger partial charge on any atom is 0.317 e. The molecule has 0 atom stereocenters. The van der Waals surface area contributed by atoms with Crippen molar-refractivity contribution in [2.45, 2.75) is 20.8 Å². The molecule has 0 radical (unpaired) electrons. The fourth-order valence-corrected chi connectivity index (χ4v) is 1.93. The SMILES string of the molecule is CN(C)CCN(CCN(CC(=O)O)CC(=O)O)CC(=O)C(C)(C)C. The lowest BCUT2D eigenvalue weighted by molar-refractivity contribution is -0.142. The van der Waals surface area contributed by atoms with E-state index in [1.54, 1.807) is 0 Å². The number of ketones is 1. The number of carboxylic acids is 2. The Bertz CT molecular complexity index is 416. The Hall–Kier alpha value is -1.51. The van der Waals surface area contributed by atoms with Crippen LogP contribution in [0.5, 0.6) is 0 Å². The number of carbonyl (C=O) groups is 3. The molecule has 0 fully saturated rings. The monoisotopic (exact) mass is 345 g/mol. The summed E-state index contributed by atoms with van der Waals surface area (Å²) in [7, 11) is 3.87. The van der Waals surface area contributed by atoms with Crippen LogP contribution in [0.25, 0.3) is 0 Å². The molecule has 8 heteroatoms. The average Bonchev–Trinajstić information content (AvgIpc) is 2.38. The van der Waals surface area contributed by atoms with Crippen molar-refractivity contribution in [3.05, 3.63) is 0 Å². The molecule has 0 aliphatic carbocycles. The van der Waals surface area contributed by atoms with Crippen LogP contribution >= 0.6 is 0 Å². The number of nitrogens with zero attached hydrogens (tertiary/aromatic N) is 3. The van der Waals surface area contributed by atoms with E-state index in [2.05, 4.69) is 0 Å². The van der Waals surface area contributed by atoms with Crippen LogP contribution in [0, 0.1) is 5.41 Å². The molecular weight excluding hydrogens is 314 g/mol. The van der Waals surface area contributed by atoms with Crippen LogP contribution in [0.2, 0.25) is 0 Å². The first-order valence-corrected chi connectivity index (χ1v) is 7.98. The van der Waals surface area contributed by atoms with Crippen molar-refractivity contribution in [3.8, 4) is 0 Å². The van der Waals surface area contributed by atoms with E-state index in [-0.39, 0.29) is 32.0 Å². The summed E-state index contributed by atoms with van der Waals surface area (Å²) < 4.78 is 0. The quantitative estimate of drug-likeness (QED) is 0.507. The summed E-state index contributed by atoms with van der Waals surface area (Å²) in [5.74, 6) is -2.03. The lowest BCUT2D eigenvalue weighted by Crippen LogP contribution is -2.45. The predicted molar refractivity (Wildman–Crippen MR) is 91.2 cm³/mol. The summed E-state index contributed by atoms with van der Waals surface area (Å²) in [6, 6.07) is 0. The van der Waals surface area contributed by atoms with Crippen molar-refractivity contribution < 1.29 is 24.6 Å². The highest BCUT2D eigenvalue weighted by molar-refractivity contribution is 5.85. The number of hydrogen-bond donors (Lipinski definition) is 2. The molecule has 0 heterocycles. The summed E-state index contributed by atoms with van der Waals surface area (Å²) in [5, 5.41) is 17.8. The number of hydrogen-bond acceptors (Lipinski definition) is 6. The molecule has 0 aliphatic rings. The van der Waals surface area contributed by atoms with Crippen molar-refractivity contribution >= 4 is 17.7 Å². The fourth-order valence-electron chi connectivity index (χ4n) is 1.93. The first kappa shape index (κ1) is 22.5. The highest BCUT2D eigenvalue weighted by Crippen LogP contribution is 2.15. The summed E-state index contributed by atoms with van der Waals surface area (Å²) >= 11 is 0. The van der Waals surface area contributed by atoms with E-state index in [1.165, 1.54) is 4.90 Å². The molecule has 0 spiro atoms. The maximum atomic E-state index is 12.3. The van der Waals surface area contributed by atoms with Gasteiger partial charge in [-0.25, -0.2) is 0 Å². The number of rotatable bonds is 12. The van der Waals surface area contributed by atoms with Gasteiger partial charge >= 0.3 is 11.9 Å². The summed E-state index contributed by atoms with van der Waals surface area (Å²) in [6.07, 6.45) is 0. The van der Waals surface area contributed by atoms with E-state index >= 15 is 0 Å². The van der Waals surface area contributed by atoms with Gasteiger partial charge in [0.25, 0.3) is 0 Å². The van der Waals surface area contributed by atoms with Gasteiger partial charge in [0, 0.05) is 31.6 Å². The second-order valence-corrected chi connectivity index (χ2v) is 7.25.